The number of aliphatic hydroxyl groups excluding tert-OH is 3. The van der Waals surface area contributed by atoms with E-state index in [1.807, 2.05) is 18.2 Å². The van der Waals surface area contributed by atoms with Gasteiger partial charge in [0.05, 0.1) is 33.5 Å². The van der Waals surface area contributed by atoms with Crippen LogP contribution in [-0.4, -0.2) is 94.7 Å². The lowest BCUT2D eigenvalue weighted by atomic mass is 9.62. The minimum Gasteiger partial charge on any atom is -0.508 e. The molecule has 15 aliphatic rings. The largest absolute Gasteiger partial charge is 0.508 e. The highest BCUT2D eigenvalue weighted by atomic mass is 33.1. The number of aliphatic hydroxyl groups is 4. The number of ketones is 1. The minimum absolute atomic E-state index is 0.00201. The van der Waals surface area contributed by atoms with Gasteiger partial charge in [-0.15, -0.1) is 0 Å². The molecule has 10 atom stereocenters. The van der Waals surface area contributed by atoms with Gasteiger partial charge in [-0.2, -0.15) is 0 Å². The van der Waals surface area contributed by atoms with Gasteiger partial charge >= 0.3 is 0 Å². The maximum absolute atomic E-state index is 16.2. The molecule has 4 fully saturated rings. The van der Waals surface area contributed by atoms with Gasteiger partial charge in [-0.1, -0.05) is 168 Å². The molecule has 4 aliphatic carbocycles. The van der Waals surface area contributed by atoms with Crippen LogP contribution in [0.2, 0.25) is 0 Å². The molecule has 0 amide bonds. The number of fused-ring (bicyclic) bond motifs is 4. The van der Waals surface area contributed by atoms with E-state index in [0.717, 1.165) is 126 Å². The van der Waals surface area contributed by atoms with E-state index in [4.69, 9.17) is 9.15 Å². The third-order valence-corrected chi connectivity index (χ3v) is 31.6. The first-order valence-electron chi connectivity index (χ1n) is 38.2. The topological polar surface area (TPSA) is 230 Å². The summed E-state index contributed by atoms with van der Waals surface area (Å²) in [6.45, 7) is 4.86. The number of ether oxygens (including phenoxy) is 1. The second-order valence-electron chi connectivity index (χ2n) is 32.5. The van der Waals surface area contributed by atoms with Gasteiger partial charge in [0.2, 0.25) is 11.2 Å². The van der Waals surface area contributed by atoms with Gasteiger partial charge in [0.1, 0.15) is 45.9 Å². The number of phenolic OH excluding ortho intramolecular Hbond substituents is 3. The first kappa shape index (κ1) is 69.9. The van der Waals surface area contributed by atoms with E-state index in [1.54, 1.807) is 43.2 Å². The Bertz CT molecular complexity index is 4730. The molecule has 13 nitrogen and oxygen atoms in total. The first-order chi connectivity index (χ1) is 49.9. The zero-order chi connectivity index (χ0) is 70.8. The summed E-state index contributed by atoms with van der Waals surface area (Å²) >= 11 is 0. The number of Topliss-reactive ketones (excluding diaryl/α,β-unsaturated/α-hetero) is 1. The van der Waals surface area contributed by atoms with E-state index in [1.165, 1.54) is 11.6 Å². The van der Waals surface area contributed by atoms with Gasteiger partial charge in [0, 0.05) is 65.4 Å². The van der Waals surface area contributed by atoms with Crippen molar-refractivity contribution in [3.8, 4) is 51.2 Å². The highest BCUT2D eigenvalue weighted by Crippen LogP contribution is 2.65. The average molecular weight is 1460 g/mol. The number of carbonyl (C=O) groups excluding carboxylic acids is 1. The molecule has 2 spiro atoms. The summed E-state index contributed by atoms with van der Waals surface area (Å²) in [5, 5.41) is 108. The van der Waals surface area contributed by atoms with Crippen LogP contribution in [0.3, 0.4) is 0 Å². The Kier molecular flexibility index (Phi) is 18.9. The average Bonchev–Trinajstić information content (AvgIpc) is 0.895. The van der Waals surface area contributed by atoms with Crippen molar-refractivity contribution in [2.45, 2.75) is 224 Å². The van der Waals surface area contributed by atoms with Crippen molar-refractivity contribution in [2.75, 3.05) is 18.9 Å². The van der Waals surface area contributed by atoms with E-state index in [9.17, 15) is 40.9 Å². The Morgan fingerprint density at radius 3 is 2.29 bits per heavy atom. The Morgan fingerprint density at radius 2 is 1.50 bits per heavy atom. The van der Waals surface area contributed by atoms with Gasteiger partial charge in [0.15, 0.2) is 5.76 Å². The van der Waals surface area contributed by atoms with Crippen molar-refractivity contribution < 1.29 is 54.8 Å². The molecule has 11 aliphatic heterocycles. The normalized spacial score (nSPS) is 27.1. The van der Waals surface area contributed by atoms with Gasteiger partial charge in [0.25, 0.3) is 0 Å². The summed E-state index contributed by atoms with van der Waals surface area (Å²) in [7, 11) is 6.71. The van der Waals surface area contributed by atoms with Crippen LogP contribution >= 0.6 is 43.2 Å². The van der Waals surface area contributed by atoms with Crippen LogP contribution in [0.25, 0.3) is 44.2 Å². The fourth-order valence-corrected chi connectivity index (χ4v) is 26.9. The summed E-state index contributed by atoms with van der Waals surface area (Å²) in [4.78, 5) is 31.7. The molecule has 17 heteroatoms. The molecule has 8 aromatic rings. The lowest BCUT2D eigenvalue weighted by molar-refractivity contribution is -0.125. The minimum atomic E-state index is -1.21. The summed E-state index contributed by atoms with van der Waals surface area (Å²) in [5.41, 5.74) is 10.0. The second kappa shape index (κ2) is 27.9. The molecule has 1 aromatic heterocycles. The maximum Gasteiger partial charge on any atom is 0.238 e. The molecule has 12 heterocycles. The Labute approximate surface area is 618 Å². The Hall–Kier alpha value is -6.12. The summed E-state index contributed by atoms with van der Waals surface area (Å²) < 4.78 is 13.3. The molecule has 2 saturated heterocycles. The van der Waals surface area contributed by atoms with Crippen LogP contribution in [0.4, 0.5) is 0 Å². The number of benzene rings is 7. The standard InChI is InChI=1S/C86H95NO12S4/c1-46(2)30-55-38-60-63-45-101-102-70-35-50(44-87-77(70)53-15-10-14-49(33-53)34-59(63)78(55)93)32-47-12-9-13-48(31-47)36-71(92)85(25-7-4-8-26-85)56-19-17-54(66(90)39-56)43-86-64-20-18-52-37-51(21-27-84(97)23-5-3-6-24-84)57(22-28-88)58-40-61-73(75(64)72(52)58)62(83(86)96)41-68(65(89)16-11-29-100-103-86)98-82-74(61)67(91)42-69-76(82)79(94)80(95)81(60)99-69/h9-10,12-15,17-20,31,33,38-40,42,46,50-51,57,62,65,68,70,77,83,87-91,93,95-97H,3-8,11,16,21-30,32,34-37,41,43-45H2,1-2H3/t50-,51-,57-,62+,65-,68-,70-,77+,83+,86-/m1/s1. The molecule has 2 saturated carbocycles. The van der Waals surface area contributed by atoms with Crippen molar-refractivity contribution >= 4 is 70.7 Å². The highest BCUT2D eigenvalue weighted by molar-refractivity contribution is 8.77. The lowest BCUT2D eigenvalue weighted by Crippen LogP contribution is -2.48. The highest BCUT2D eigenvalue weighted by Gasteiger charge is 2.55. The number of aromatic hydroxyl groups is 4. The van der Waals surface area contributed by atoms with Crippen molar-refractivity contribution in [2.24, 2.45) is 17.8 Å². The number of carbonyl (C=O) groups is 1. The Balaban J connectivity index is 0.924. The number of hydrogen-bond donors (Lipinski definition) is 9. The van der Waals surface area contributed by atoms with Gasteiger partial charge in [-0.05, 0) is 228 Å². The number of nitrogens with one attached hydrogen (secondary N) is 1. The SMILES string of the molecule is CC(C)Cc1cc2c3c(c1O)Cc1cccc(c1)[C@@H]1NC[C@H](Cc4cccc(c4)CC(=O)C4(CCCCC4)c4ccc(c(O)c4)C[C@@]45SSCCC[C@@H](O)[C@H]6C[C@@H](c7c(cc8c9c(ccc4c79)C[C@@H](CCC4(O)CCCCC4)[C@H]8CCO)-c4c(O)cc7oc-2c(O)c(=O)c7c4O6)[C@@H]5O)C[C@H]1SSC3. The van der Waals surface area contributed by atoms with Crippen molar-refractivity contribution in [3.63, 3.8) is 0 Å². The number of rotatable bonds is 7. The third kappa shape index (κ3) is 12.3. The molecule has 540 valence electrons. The molecule has 0 radical (unpaired) electrons. The maximum atomic E-state index is 16.2. The summed E-state index contributed by atoms with van der Waals surface area (Å²) in [6.07, 6.45) is 11.6. The van der Waals surface area contributed by atoms with Crippen LogP contribution in [0.1, 0.15) is 213 Å². The third-order valence-electron chi connectivity index (χ3n) is 25.6. The van der Waals surface area contributed by atoms with Crippen LogP contribution < -0.4 is 15.5 Å². The summed E-state index contributed by atoms with van der Waals surface area (Å²) in [5.74, 6) is -0.428. The van der Waals surface area contributed by atoms with E-state index < -0.39 is 51.2 Å². The molecular weight excluding hydrogens is 1370 g/mol. The van der Waals surface area contributed by atoms with E-state index >= 15 is 9.59 Å². The summed E-state index contributed by atoms with van der Waals surface area (Å²) in [6, 6.07) is 32.9. The predicted molar refractivity (Wildman–Crippen MR) is 414 cm³/mol. The predicted octanol–water partition coefficient (Wildman–Crippen LogP) is 17.1. The molecular formula is C86H95NO12S4. The molecule has 20 bridgehead atoms. The van der Waals surface area contributed by atoms with Crippen molar-refractivity contribution in [3.05, 3.63) is 180 Å². The van der Waals surface area contributed by atoms with Gasteiger partial charge in [-0.25, -0.2) is 0 Å². The van der Waals surface area contributed by atoms with Crippen molar-refractivity contribution in [1.82, 2.24) is 5.32 Å². The van der Waals surface area contributed by atoms with Crippen LogP contribution in [0.15, 0.2) is 106 Å². The van der Waals surface area contributed by atoms with Gasteiger partial charge < -0.3 is 55.3 Å². The second-order valence-corrected chi connectivity index (χ2v) is 37.8. The molecule has 103 heavy (non-hydrogen) atoms. The van der Waals surface area contributed by atoms with Crippen LogP contribution in [0.5, 0.6) is 28.7 Å². The monoisotopic (exact) mass is 1460 g/mol. The number of phenols is 3. The first-order valence-corrected chi connectivity index (χ1v) is 42.9. The van der Waals surface area contributed by atoms with E-state index in [2.05, 4.69) is 92.0 Å². The zero-order valence-corrected chi connectivity index (χ0v) is 62.2. The molecule has 9 N–H and O–H groups in total. The number of hydrogen-bond acceptors (Lipinski definition) is 17. The fourth-order valence-electron chi connectivity index (χ4n) is 20.5. The zero-order valence-electron chi connectivity index (χ0n) is 58.9. The lowest BCUT2D eigenvalue weighted by Gasteiger charge is -2.49. The smallest absolute Gasteiger partial charge is 0.238 e. The fraction of sp³-hybridized carbons (Fsp3) is 0.488. The molecule has 23 rings (SSSR count). The molecule has 0 unspecified atom stereocenters. The Morgan fingerprint density at radius 1 is 0.718 bits per heavy atom. The van der Waals surface area contributed by atoms with Crippen LogP contribution in [0, 0.1) is 17.8 Å². The molecule has 7 aromatic carbocycles. The number of piperidine rings is 1. The van der Waals surface area contributed by atoms with Crippen LogP contribution in [-0.2, 0) is 59.2 Å². The van der Waals surface area contributed by atoms with Gasteiger partial charge in [-0.3, -0.25) is 9.59 Å². The van der Waals surface area contributed by atoms with E-state index in [-0.39, 0.29) is 112 Å². The quantitative estimate of drug-likeness (QED) is 0.0676. The van der Waals surface area contributed by atoms with E-state index in [0.29, 0.717) is 109 Å². The van der Waals surface area contributed by atoms with Crippen molar-refractivity contribution in [1.29, 1.82) is 0 Å².